The number of aromatic nitrogens is 4. The van der Waals surface area contributed by atoms with E-state index in [9.17, 15) is 0 Å². The summed E-state index contributed by atoms with van der Waals surface area (Å²) in [6, 6.07) is 3.61. The Morgan fingerprint density at radius 3 is 3.00 bits per heavy atom. The zero-order valence-electron chi connectivity index (χ0n) is 7.95. The third-order valence-electron chi connectivity index (χ3n) is 1.78. The number of nitrogens with zero attached hydrogens (tertiary/aromatic N) is 5. The van der Waals surface area contributed by atoms with E-state index in [1.807, 2.05) is 6.07 Å². The lowest BCUT2D eigenvalue weighted by molar-refractivity contribution is 0.318. The molecule has 0 aliphatic rings. The molecular weight excluding hydrogens is 276 g/mol. The first-order chi connectivity index (χ1) is 7.72. The molecule has 0 saturated heterocycles. The molecule has 0 bridgehead atoms. The molecule has 0 aliphatic carbocycles. The Kier molecular flexibility index (Phi) is 2.82. The second kappa shape index (κ2) is 4.27. The highest BCUT2D eigenvalue weighted by Crippen LogP contribution is 2.16. The fraction of sp³-hybridized carbons (Fsp3) is 0. The molecular formula is C8H7BrN6O. The van der Waals surface area contributed by atoms with Gasteiger partial charge in [0.1, 0.15) is 6.33 Å². The monoisotopic (exact) mass is 282 g/mol. The number of rotatable bonds is 2. The Bertz CT molecular complexity index is 537. The van der Waals surface area contributed by atoms with Gasteiger partial charge < -0.3 is 10.9 Å². The van der Waals surface area contributed by atoms with Gasteiger partial charge in [-0.1, -0.05) is 5.16 Å². The Balaban J connectivity index is 2.43. The number of halogens is 1. The van der Waals surface area contributed by atoms with Crippen LogP contribution in [-0.4, -0.2) is 30.8 Å². The summed E-state index contributed by atoms with van der Waals surface area (Å²) in [6.07, 6.45) is 3.06. The number of nitrogens with two attached hydrogens (primary N) is 1. The topological polar surface area (TPSA) is 102 Å². The van der Waals surface area contributed by atoms with E-state index in [2.05, 4.69) is 36.2 Å². The maximum atomic E-state index is 8.47. The molecule has 2 aromatic rings. The zero-order valence-corrected chi connectivity index (χ0v) is 9.53. The molecule has 3 N–H and O–H groups in total. The molecule has 82 valence electrons. The van der Waals surface area contributed by atoms with Crippen LogP contribution in [0.5, 0.6) is 0 Å². The summed E-state index contributed by atoms with van der Waals surface area (Å²) in [6.45, 7) is 0. The van der Waals surface area contributed by atoms with Crippen molar-refractivity contribution in [3.05, 3.63) is 35.0 Å². The molecule has 0 aromatic carbocycles. The van der Waals surface area contributed by atoms with Crippen molar-refractivity contribution in [3.63, 3.8) is 0 Å². The van der Waals surface area contributed by atoms with Crippen LogP contribution in [0.3, 0.4) is 0 Å². The van der Waals surface area contributed by atoms with Gasteiger partial charge in [0.15, 0.2) is 5.82 Å². The van der Waals surface area contributed by atoms with Gasteiger partial charge in [-0.05, 0) is 28.1 Å². The molecule has 2 heterocycles. The Labute approximate surface area is 98.8 Å². The van der Waals surface area contributed by atoms with Crippen LogP contribution >= 0.6 is 15.9 Å². The minimum absolute atomic E-state index is 0.139. The molecule has 8 heteroatoms. The normalized spacial score (nSPS) is 11.7. The van der Waals surface area contributed by atoms with Crippen molar-refractivity contribution < 1.29 is 5.21 Å². The number of hydrogen-bond donors (Lipinski definition) is 2. The third-order valence-corrected chi connectivity index (χ3v) is 2.40. The van der Waals surface area contributed by atoms with Crippen molar-refractivity contribution in [2.75, 3.05) is 0 Å². The van der Waals surface area contributed by atoms with E-state index in [1.165, 1.54) is 11.0 Å². The molecule has 0 unspecified atom stereocenters. The van der Waals surface area contributed by atoms with E-state index in [4.69, 9.17) is 10.9 Å². The van der Waals surface area contributed by atoms with E-state index >= 15 is 0 Å². The van der Waals surface area contributed by atoms with Gasteiger partial charge in [0, 0.05) is 6.20 Å². The summed E-state index contributed by atoms with van der Waals surface area (Å²) in [7, 11) is 0. The first-order valence-electron chi connectivity index (χ1n) is 4.23. The molecule has 0 spiro atoms. The van der Waals surface area contributed by atoms with Gasteiger partial charge in [-0.2, -0.15) is 0 Å². The van der Waals surface area contributed by atoms with Crippen LogP contribution in [0.2, 0.25) is 0 Å². The van der Waals surface area contributed by atoms with Gasteiger partial charge in [0.25, 0.3) is 0 Å². The molecule has 2 aromatic heterocycles. The quantitative estimate of drug-likeness (QED) is 0.362. The smallest absolute Gasteiger partial charge is 0.220 e. The van der Waals surface area contributed by atoms with E-state index in [1.54, 1.807) is 12.3 Å². The standard InChI is InChI=1S/C8H7BrN6O/c9-5-2-1-3-11-8(5)15-4-12-7(13-15)6(10)14-16/h1-4,16H,(H2,10,14). The highest BCUT2D eigenvalue weighted by molar-refractivity contribution is 9.10. The Hall–Kier alpha value is -1.96. The van der Waals surface area contributed by atoms with Crippen molar-refractivity contribution in [1.82, 2.24) is 19.7 Å². The van der Waals surface area contributed by atoms with Crippen molar-refractivity contribution in [1.29, 1.82) is 0 Å². The third kappa shape index (κ3) is 1.87. The van der Waals surface area contributed by atoms with E-state index in [0.717, 1.165) is 4.47 Å². The average molecular weight is 283 g/mol. The van der Waals surface area contributed by atoms with Crippen molar-refractivity contribution in [3.8, 4) is 5.82 Å². The SMILES string of the molecule is NC(=NO)c1ncn(-c2ncccc2Br)n1. The largest absolute Gasteiger partial charge is 0.409 e. The van der Waals surface area contributed by atoms with Gasteiger partial charge in [-0.3, -0.25) is 0 Å². The fourth-order valence-corrected chi connectivity index (χ4v) is 1.51. The van der Waals surface area contributed by atoms with Crippen molar-refractivity contribution >= 4 is 21.8 Å². The molecule has 2 rings (SSSR count). The van der Waals surface area contributed by atoms with Gasteiger partial charge in [0.2, 0.25) is 11.7 Å². The molecule has 0 amide bonds. The molecule has 0 fully saturated rings. The van der Waals surface area contributed by atoms with Crippen LogP contribution in [0.15, 0.2) is 34.3 Å². The van der Waals surface area contributed by atoms with Crippen LogP contribution < -0.4 is 5.73 Å². The van der Waals surface area contributed by atoms with Crippen molar-refractivity contribution in [2.24, 2.45) is 10.9 Å². The van der Waals surface area contributed by atoms with Crippen molar-refractivity contribution in [2.45, 2.75) is 0 Å². The van der Waals surface area contributed by atoms with E-state index in [-0.39, 0.29) is 11.7 Å². The van der Waals surface area contributed by atoms with E-state index < -0.39 is 0 Å². The van der Waals surface area contributed by atoms with Crippen LogP contribution in [0.1, 0.15) is 5.82 Å². The lowest BCUT2D eigenvalue weighted by Gasteiger charge is -2.00. The summed E-state index contributed by atoms with van der Waals surface area (Å²) in [5.41, 5.74) is 5.35. The summed E-state index contributed by atoms with van der Waals surface area (Å²) in [5, 5.41) is 15.3. The molecule has 7 nitrogen and oxygen atoms in total. The highest BCUT2D eigenvalue weighted by atomic mass is 79.9. The second-order valence-electron chi connectivity index (χ2n) is 2.81. The lowest BCUT2D eigenvalue weighted by atomic mass is 10.5. The van der Waals surface area contributed by atoms with Crippen LogP contribution in [-0.2, 0) is 0 Å². The van der Waals surface area contributed by atoms with Gasteiger partial charge >= 0.3 is 0 Å². The Morgan fingerprint density at radius 2 is 2.31 bits per heavy atom. The minimum atomic E-state index is -0.147. The molecule has 0 radical (unpaired) electrons. The Morgan fingerprint density at radius 1 is 1.50 bits per heavy atom. The summed E-state index contributed by atoms with van der Waals surface area (Å²) < 4.78 is 2.20. The minimum Gasteiger partial charge on any atom is -0.409 e. The van der Waals surface area contributed by atoms with Gasteiger partial charge in [-0.25, -0.2) is 14.6 Å². The molecule has 0 aliphatic heterocycles. The van der Waals surface area contributed by atoms with Crippen LogP contribution in [0.25, 0.3) is 5.82 Å². The maximum absolute atomic E-state index is 8.47. The molecule has 0 saturated carbocycles. The molecule has 0 atom stereocenters. The van der Waals surface area contributed by atoms with E-state index in [0.29, 0.717) is 5.82 Å². The highest BCUT2D eigenvalue weighted by Gasteiger charge is 2.09. The summed E-state index contributed by atoms with van der Waals surface area (Å²) in [5.74, 6) is 0.567. The number of pyridine rings is 1. The predicted molar refractivity (Wildman–Crippen MR) is 59.4 cm³/mol. The zero-order chi connectivity index (χ0) is 11.5. The second-order valence-corrected chi connectivity index (χ2v) is 3.66. The lowest BCUT2D eigenvalue weighted by Crippen LogP contribution is -2.15. The predicted octanol–water partition coefficient (Wildman–Crippen LogP) is 0.519. The summed E-state index contributed by atoms with van der Waals surface area (Å²) >= 11 is 3.33. The van der Waals surface area contributed by atoms with Crippen LogP contribution in [0, 0.1) is 0 Å². The number of amidine groups is 1. The number of hydrogen-bond acceptors (Lipinski definition) is 5. The first kappa shape index (κ1) is 10.6. The fourth-order valence-electron chi connectivity index (χ4n) is 1.07. The number of oxime groups is 1. The van der Waals surface area contributed by atoms with Crippen LogP contribution in [0.4, 0.5) is 0 Å². The first-order valence-corrected chi connectivity index (χ1v) is 5.02. The van der Waals surface area contributed by atoms with Gasteiger partial charge in [-0.15, -0.1) is 5.10 Å². The summed E-state index contributed by atoms with van der Waals surface area (Å²) in [4.78, 5) is 8.00. The van der Waals surface area contributed by atoms with Gasteiger partial charge in [0.05, 0.1) is 4.47 Å². The average Bonchev–Trinajstić information content (AvgIpc) is 2.78. The molecule has 16 heavy (non-hydrogen) atoms. The maximum Gasteiger partial charge on any atom is 0.220 e.